The van der Waals surface area contributed by atoms with Gasteiger partial charge in [0.15, 0.2) is 5.78 Å². The lowest BCUT2D eigenvalue weighted by Gasteiger charge is -2.06. The third kappa shape index (κ3) is 10.2. The number of hydrogen-bond donors (Lipinski definition) is 0. The zero-order chi connectivity index (χ0) is 16.8. The highest BCUT2D eigenvalue weighted by Crippen LogP contribution is 2.15. The molecular weight excluding hydrogens is 296 g/mol. The Kier molecular flexibility index (Phi) is 10.1. The number of ketones is 1. The first-order valence-electron chi connectivity index (χ1n) is 7.88. The second kappa shape index (κ2) is 12.3. The Morgan fingerprint density at radius 1 is 1.04 bits per heavy atom. The number of Topliss-reactive ketones (excluding diaryl/α,β-unsaturated/α-hetero) is 1. The fourth-order valence-electron chi connectivity index (χ4n) is 1.88. The average molecular weight is 320 g/mol. The van der Waals surface area contributed by atoms with E-state index < -0.39 is 0 Å². The summed E-state index contributed by atoms with van der Waals surface area (Å²) in [6.07, 6.45) is 13.0. The molecule has 0 aromatic rings. The van der Waals surface area contributed by atoms with Crippen molar-refractivity contribution >= 4 is 24.5 Å². The summed E-state index contributed by atoms with van der Waals surface area (Å²) in [6.45, 7) is 2.54. The molecule has 126 valence electrons. The van der Waals surface area contributed by atoms with Crippen molar-refractivity contribution in [3.63, 3.8) is 0 Å². The minimum Gasteiger partial charge on any atom is -0.396 e. The number of oxime groups is 2. The summed E-state index contributed by atoms with van der Waals surface area (Å²) in [7, 11) is 0. The van der Waals surface area contributed by atoms with Gasteiger partial charge >= 0.3 is 0 Å². The summed E-state index contributed by atoms with van der Waals surface area (Å²) < 4.78 is 0. The standard InChI is InChI=1S/C17H24N2O4/c1-15(21)12-18-22-10-4-2-3-5-11-23-19-13-16-6-8-17(14-20)9-7-16/h6,8,12-14H,2-5,7,9-11H2,1H3. The lowest BCUT2D eigenvalue weighted by atomic mass is 10.0. The van der Waals surface area contributed by atoms with E-state index in [0.717, 1.165) is 56.0 Å². The fourth-order valence-corrected chi connectivity index (χ4v) is 1.88. The maximum absolute atomic E-state index is 10.6. The molecule has 0 aromatic heterocycles. The SMILES string of the molecule is CC(=O)C=NOCCCCCCON=CC1=CC=C(C=O)CC1. The van der Waals surface area contributed by atoms with Crippen LogP contribution >= 0.6 is 0 Å². The summed E-state index contributed by atoms with van der Waals surface area (Å²) in [4.78, 5) is 31.3. The third-order valence-corrected chi connectivity index (χ3v) is 3.19. The lowest BCUT2D eigenvalue weighted by molar-refractivity contribution is -0.110. The zero-order valence-corrected chi connectivity index (χ0v) is 13.6. The van der Waals surface area contributed by atoms with Crippen molar-refractivity contribution in [3.05, 3.63) is 23.3 Å². The van der Waals surface area contributed by atoms with E-state index in [-0.39, 0.29) is 5.78 Å². The smallest absolute Gasteiger partial charge is 0.174 e. The fraction of sp³-hybridized carbons (Fsp3) is 0.529. The van der Waals surface area contributed by atoms with Crippen molar-refractivity contribution in [1.29, 1.82) is 0 Å². The summed E-state index contributed by atoms with van der Waals surface area (Å²) in [5, 5.41) is 7.47. The molecule has 1 aliphatic rings. The quantitative estimate of drug-likeness (QED) is 0.240. The van der Waals surface area contributed by atoms with Gasteiger partial charge < -0.3 is 9.68 Å². The number of aldehydes is 1. The highest BCUT2D eigenvalue weighted by atomic mass is 16.6. The molecule has 0 amide bonds. The molecule has 0 fully saturated rings. The second-order valence-electron chi connectivity index (χ2n) is 5.26. The van der Waals surface area contributed by atoms with Crippen LogP contribution in [0.5, 0.6) is 0 Å². The second-order valence-corrected chi connectivity index (χ2v) is 5.26. The molecule has 0 spiro atoms. The highest BCUT2D eigenvalue weighted by Gasteiger charge is 2.03. The molecule has 0 unspecified atom stereocenters. The number of allylic oxidation sites excluding steroid dienone is 4. The molecular formula is C17H24N2O4. The number of hydrogen-bond acceptors (Lipinski definition) is 6. The molecule has 6 heteroatoms. The van der Waals surface area contributed by atoms with E-state index in [2.05, 4.69) is 10.3 Å². The van der Waals surface area contributed by atoms with Crippen LogP contribution in [-0.4, -0.2) is 37.7 Å². The summed E-state index contributed by atoms with van der Waals surface area (Å²) in [5.74, 6) is -0.119. The maximum atomic E-state index is 10.6. The molecule has 0 atom stereocenters. The molecule has 0 bridgehead atoms. The zero-order valence-electron chi connectivity index (χ0n) is 13.6. The monoisotopic (exact) mass is 320 g/mol. The number of nitrogens with zero attached hydrogens (tertiary/aromatic N) is 2. The first kappa shape index (κ1) is 18.8. The van der Waals surface area contributed by atoms with Crippen LogP contribution in [0.15, 0.2) is 33.6 Å². The van der Waals surface area contributed by atoms with Gasteiger partial charge in [0.1, 0.15) is 25.7 Å². The topological polar surface area (TPSA) is 77.3 Å². The highest BCUT2D eigenvalue weighted by molar-refractivity contribution is 6.26. The molecule has 0 saturated heterocycles. The van der Waals surface area contributed by atoms with Gasteiger partial charge in [0.05, 0.1) is 6.21 Å². The number of carbonyl (C=O) groups excluding carboxylic acids is 2. The Labute approximate surface area is 136 Å². The van der Waals surface area contributed by atoms with Crippen molar-refractivity contribution in [2.45, 2.75) is 45.4 Å². The number of unbranched alkanes of at least 4 members (excludes halogenated alkanes) is 3. The molecule has 0 aliphatic heterocycles. The van der Waals surface area contributed by atoms with E-state index >= 15 is 0 Å². The Hall–Kier alpha value is -2.24. The van der Waals surface area contributed by atoms with Crippen molar-refractivity contribution in [3.8, 4) is 0 Å². The Morgan fingerprint density at radius 3 is 2.22 bits per heavy atom. The van der Waals surface area contributed by atoms with Crippen LogP contribution in [0.25, 0.3) is 0 Å². The predicted octanol–water partition coefficient (Wildman–Crippen LogP) is 2.99. The van der Waals surface area contributed by atoms with Crippen molar-refractivity contribution in [2.24, 2.45) is 10.3 Å². The van der Waals surface area contributed by atoms with Gasteiger partial charge in [-0.25, -0.2) is 0 Å². The van der Waals surface area contributed by atoms with Crippen LogP contribution < -0.4 is 0 Å². The molecule has 23 heavy (non-hydrogen) atoms. The summed E-state index contributed by atoms with van der Waals surface area (Å²) >= 11 is 0. The molecule has 1 rings (SSSR count). The van der Waals surface area contributed by atoms with Gasteiger partial charge in [-0.2, -0.15) is 0 Å². The van der Waals surface area contributed by atoms with Gasteiger partial charge in [-0.1, -0.05) is 22.5 Å². The molecule has 0 saturated carbocycles. The van der Waals surface area contributed by atoms with Crippen molar-refractivity contribution in [1.82, 2.24) is 0 Å². The Morgan fingerprint density at radius 2 is 1.65 bits per heavy atom. The van der Waals surface area contributed by atoms with E-state index in [4.69, 9.17) is 9.68 Å². The molecule has 0 radical (unpaired) electrons. The van der Waals surface area contributed by atoms with Crippen molar-refractivity contribution in [2.75, 3.05) is 13.2 Å². The van der Waals surface area contributed by atoms with Crippen LogP contribution in [0, 0.1) is 0 Å². The van der Waals surface area contributed by atoms with Crippen LogP contribution in [-0.2, 0) is 19.3 Å². The van der Waals surface area contributed by atoms with E-state index in [9.17, 15) is 9.59 Å². The van der Waals surface area contributed by atoms with Crippen LogP contribution in [0.2, 0.25) is 0 Å². The van der Waals surface area contributed by atoms with Gasteiger partial charge in [-0.05, 0) is 49.7 Å². The predicted molar refractivity (Wildman–Crippen MR) is 89.5 cm³/mol. The number of rotatable bonds is 12. The Bertz CT molecular complexity index is 493. The first-order chi connectivity index (χ1) is 11.2. The first-order valence-corrected chi connectivity index (χ1v) is 7.88. The van der Waals surface area contributed by atoms with Crippen LogP contribution in [0.3, 0.4) is 0 Å². The minimum absolute atomic E-state index is 0.119. The van der Waals surface area contributed by atoms with E-state index in [0.29, 0.717) is 13.2 Å². The summed E-state index contributed by atoms with van der Waals surface area (Å²) in [5.41, 5.74) is 1.89. The van der Waals surface area contributed by atoms with E-state index in [1.165, 1.54) is 13.1 Å². The van der Waals surface area contributed by atoms with Gasteiger partial charge in [-0.3, -0.25) is 9.59 Å². The van der Waals surface area contributed by atoms with Crippen molar-refractivity contribution < 1.29 is 19.3 Å². The van der Waals surface area contributed by atoms with Crippen LogP contribution in [0.1, 0.15) is 45.4 Å². The minimum atomic E-state index is -0.119. The van der Waals surface area contributed by atoms with E-state index in [1.807, 2.05) is 12.2 Å². The van der Waals surface area contributed by atoms with Gasteiger partial charge in [0, 0.05) is 6.92 Å². The van der Waals surface area contributed by atoms with Gasteiger partial charge in [-0.15, -0.1) is 0 Å². The van der Waals surface area contributed by atoms with Gasteiger partial charge in [0.2, 0.25) is 0 Å². The van der Waals surface area contributed by atoms with E-state index in [1.54, 1.807) is 6.21 Å². The summed E-state index contributed by atoms with van der Waals surface area (Å²) in [6, 6.07) is 0. The maximum Gasteiger partial charge on any atom is 0.174 e. The Balaban J connectivity index is 1.95. The third-order valence-electron chi connectivity index (χ3n) is 3.19. The molecule has 0 aromatic carbocycles. The normalized spacial score (nSPS) is 14.7. The van der Waals surface area contributed by atoms with Crippen LogP contribution in [0.4, 0.5) is 0 Å². The number of carbonyl (C=O) groups is 2. The molecule has 1 aliphatic carbocycles. The lowest BCUT2D eigenvalue weighted by Crippen LogP contribution is -1.97. The molecule has 0 heterocycles. The largest absolute Gasteiger partial charge is 0.396 e. The van der Waals surface area contributed by atoms with Gasteiger partial charge in [0.25, 0.3) is 0 Å². The molecule has 0 N–H and O–H groups in total. The molecule has 6 nitrogen and oxygen atoms in total. The average Bonchev–Trinajstić information content (AvgIpc) is 2.56.